The fraction of sp³-hybridized carbons (Fsp3) is 0.875. The Balaban J connectivity index is 2.49. The van der Waals surface area contributed by atoms with E-state index in [-0.39, 0.29) is 12.8 Å². The second kappa shape index (κ2) is 3.57. The predicted molar refractivity (Wildman–Crippen MR) is 42.5 cm³/mol. The summed E-state index contributed by atoms with van der Waals surface area (Å²) in [5, 5.41) is 8.44. The van der Waals surface area contributed by atoms with E-state index in [9.17, 15) is 13.6 Å². The van der Waals surface area contributed by atoms with Crippen molar-refractivity contribution < 1.29 is 18.7 Å². The molecule has 3 N–H and O–H groups in total. The van der Waals surface area contributed by atoms with Crippen LogP contribution >= 0.6 is 0 Å². The van der Waals surface area contributed by atoms with Gasteiger partial charge in [0.1, 0.15) is 6.04 Å². The second-order valence-electron chi connectivity index (χ2n) is 3.53. The fourth-order valence-corrected chi connectivity index (χ4v) is 1.70. The predicted octanol–water partition coefficient (Wildman–Crippen LogP) is 1.22. The first-order chi connectivity index (χ1) is 5.93. The Morgan fingerprint density at radius 1 is 1.69 bits per heavy atom. The highest BCUT2D eigenvalue weighted by Crippen LogP contribution is 2.42. The smallest absolute Gasteiger partial charge is 0.320 e. The van der Waals surface area contributed by atoms with Gasteiger partial charge >= 0.3 is 5.97 Å². The molecular formula is C8H13F2NO2. The molecule has 0 aromatic carbocycles. The summed E-state index contributed by atoms with van der Waals surface area (Å²) in [6.45, 7) is 0. The van der Waals surface area contributed by atoms with Crippen molar-refractivity contribution in [3.8, 4) is 0 Å². The number of carboxylic acids is 1. The SMILES string of the molecule is NC(CC1CCCC1(F)F)C(=O)O. The van der Waals surface area contributed by atoms with Gasteiger partial charge in [-0.1, -0.05) is 0 Å². The monoisotopic (exact) mass is 193 g/mol. The lowest BCUT2D eigenvalue weighted by molar-refractivity contribution is -0.139. The van der Waals surface area contributed by atoms with Crippen LogP contribution in [0.15, 0.2) is 0 Å². The van der Waals surface area contributed by atoms with Crippen molar-refractivity contribution in [2.24, 2.45) is 11.7 Å². The van der Waals surface area contributed by atoms with Crippen LogP contribution in [0.2, 0.25) is 0 Å². The number of alkyl halides is 2. The molecule has 3 nitrogen and oxygen atoms in total. The van der Waals surface area contributed by atoms with E-state index >= 15 is 0 Å². The quantitative estimate of drug-likeness (QED) is 0.708. The topological polar surface area (TPSA) is 63.3 Å². The molecule has 0 saturated heterocycles. The summed E-state index contributed by atoms with van der Waals surface area (Å²) in [4.78, 5) is 10.3. The van der Waals surface area contributed by atoms with Crippen LogP contribution in [-0.4, -0.2) is 23.0 Å². The first-order valence-corrected chi connectivity index (χ1v) is 4.29. The third-order valence-corrected chi connectivity index (χ3v) is 2.52. The van der Waals surface area contributed by atoms with E-state index in [2.05, 4.69) is 0 Å². The molecule has 2 unspecified atom stereocenters. The molecule has 0 aromatic heterocycles. The van der Waals surface area contributed by atoms with Crippen molar-refractivity contribution in [2.45, 2.75) is 37.6 Å². The third kappa shape index (κ3) is 2.37. The molecule has 1 aliphatic carbocycles. The molecule has 0 amide bonds. The van der Waals surface area contributed by atoms with Crippen molar-refractivity contribution in [1.82, 2.24) is 0 Å². The Morgan fingerprint density at radius 3 is 2.69 bits per heavy atom. The highest BCUT2D eigenvalue weighted by atomic mass is 19.3. The summed E-state index contributed by atoms with van der Waals surface area (Å²) in [5.41, 5.74) is 5.18. The number of nitrogens with two attached hydrogens (primary N) is 1. The minimum absolute atomic E-state index is 0.123. The first-order valence-electron chi connectivity index (χ1n) is 4.29. The Bertz CT molecular complexity index is 208. The van der Waals surface area contributed by atoms with Gasteiger partial charge in [0.05, 0.1) is 0 Å². The molecule has 13 heavy (non-hydrogen) atoms. The molecule has 76 valence electrons. The average molecular weight is 193 g/mol. The molecule has 1 saturated carbocycles. The summed E-state index contributed by atoms with van der Waals surface area (Å²) < 4.78 is 26.0. The second-order valence-corrected chi connectivity index (χ2v) is 3.53. The lowest BCUT2D eigenvalue weighted by atomic mass is 9.96. The molecule has 0 spiro atoms. The Kier molecular flexibility index (Phi) is 2.85. The van der Waals surface area contributed by atoms with Gasteiger partial charge in [-0.25, -0.2) is 8.78 Å². The molecule has 0 bridgehead atoms. The number of aliphatic carboxylic acids is 1. The van der Waals surface area contributed by atoms with Gasteiger partial charge in [-0.2, -0.15) is 0 Å². The van der Waals surface area contributed by atoms with Crippen molar-refractivity contribution in [2.75, 3.05) is 0 Å². The van der Waals surface area contributed by atoms with Crippen molar-refractivity contribution in [1.29, 1.82) is 0 Å². The number of rotatable bonds is 3. The van der Waals surface area contributed by atoms with E-state index < -0.39 is 23.9 Å². The number of carboxylic acid groups (broad SMARTS) is 1. The lowest BCUT2D eigenvalue weighted by Crippen LogP contribution is -2.36. The zero-order chi connectivity index (χ0) is 10.1. The van der Waals surface area contributed by atoms with E-state index in [1.165, 1.54) is 0 Å². The van der Waals surface area contributed by atoms with E-state index in [0.29, 0.717) is 12.8 Å². The van der Waals surface area contributed by atoms with Crippen molar-refractivity contribution >= 4 is 5.97 Å². The summed E-state index contributed by atoms with van der Waals surface area (Å²) in [6, 6.07) is -1.16. The van der Waals surface area contributed by atoms with Gasteiger partial charge in [-0.15, -0.1) is 0 Å². The van der Waals surface area contributed by atoms with E-state index in [1.54, 1.807) is 0 Å². The van der Waals surface area contributed by atoms with Crippen LogP contribution < -0.4 is 5.73 Å². The number of carbonyl (C=O) groups is 1. The summed E-state index contributed by atoms with van der Waals surface area (Å²) in [7, 11) is 0. The zero-order valence-corrected chi connectivity index (χ0v) is 7.17. The molecule has 2 atom stereocenters. The van der Waals surface area contributed by atoms with Crippen LogP contribution in [0.25, 0.3) is 0 Å². The van der Waals surface area contributed by atoms with Crippen LogP contribution in [0.5, 0.6) is 0 Å². The van der Waals surface area contributed by atoms with E-state index in [0.717, 1.165) is 0 Å². The third-order valence-electron chi connectivity index (χ3n) is 2.52. The van der Waals surface area contributed by atoms with E-state index in [4.69, 9.17) is 10.8 Å². The van der Waals surface area contributed by atoms with Crippen LogP contribution in [0.1, 0.15) is 25.7 Å². The standard InChI is InChI=1S/C8H13F2NO2/c9-8(10)3-1-2-5(8)4-6(11)7(12)13/h5-6H,1-4,11H2,(H,12,13). The van der Waals surface area contributed by atoms with Crippen LogP contribution in [0.4, 0.5) is 8.78 Å². The van der Waals surface area contributed by atoms with Gasteiger partial charge < -0.3 is 10.8 Å². The van der Waals surface area contributed by atoms with Crippen molar-refractivity contribution in [3.63, 3.8) is 0 Å². The Morgan fingerprint density at radius 2 is 2.31 bits per heavy atom. The van der Waals surface area contributed by atoms with Gasteiger partial charge in [0.2, 0.25) is 0 Å². The number of hydrogen-bond acceptors (Lipinski definition) is 2. The van der Waals surface area contributed by atoms with Gasteiger partial charge in [0.15, 0.2) is 0 Å². The van der Waals surface area contributed by atoms with Gasteiger partial charge in [-0.3, -0.25) is 4.79 Å². The molecular weight excluding hydrogens is 180 g/mol. The molecule has 0 heterocycles. The summed E-state index contributed by atoms with van der Waals surface area (Å²) in [6.07, 6.45) is 0.588. The minimum Gasteiger partial charge on any atom is -0.480 e. The molecule has 5 heteroatoms. The molecule has 1 rings (SSSR count). The average Bonchev–Trinajstić information content (AvgIpc) is 2.30. The molecule has 0 radical (unpaired) electrons. The Hall–Kier alpha value is -0.710. The van der Waals surface area contributed by atoms with Gasteiger partial charge in [0.25, 0.3) is 5.92 Å². The molecule has 1 aliphatic rings. The molecule has 0 aliphatic heterocycles. The Labute approximate surface area is 74.9 Å². The normalized spacial score (nSPS) is 28.7. The molecule has 1 fully saturated rings. The van der Waals surface area contributed by atoms with Gasteiger partial charge in [-0.05, 0) is 19.3 Å². The van der Waals surface area contributed by atoms with E-state index in [1.807, 2.05) is 0 Å². The minimum atomic E-state index is -2.72. The number of hydrogen-bond donors (Lipinski definition) is 2. The highest BCUT2D eigenvalue weighted by molar-refractivity contribution is 5.73. The fourth-order valence-electron chi connectivity index (χ4n) is 1.70. The molecule has 0 aromatic rings. The first kappa shape index (κ1) is 10.4. The van der Waals surface area contributed by atoms with Crippen LogP contribution in [0, 0.1) is 5.92 Å². The largest absolute Gasteiger partial charge is 0.480 e. The summed E-state index contributed by atoms with van der Waals surface area (Å²) >= 11 is 0. The highest BCUT2D eigenvalue weighted by Gasteiger charge is 2.44. The van der Waals surface area contributed by atoms with Crippen LogP contribution in [-0.2, 0) is 4.79 Å². The maximum atomic E-state index is 13.0. The maximum absolute atomic E-state index is 13.0. The van der Waals surface area contributed by atoms with Crippen molar-refractivity contribution in [3.05, 3.63) is 0 Å². The zero-order valence-electron chi connectivity index (χ0n) is 7.17. The van der Waals surface area contributed by atoms with Crippen LogP contribution in [0.3, 0.4) is 0 Å². The maximum Gasteiger partial charge on any atom is 0.320 e. The lowest BCUT2D eigenvalue weighted by Gasteiger charge is -2.20. The summed E-state index contributed by atoms with van der Waals surface area (Å²) in [5.74, 6) is -4.77. The number of halogens is 2. The van der Waals surface area contributed by atoms with Gasteiger partial charge in [0, 0.05) is 12.3 Å².